The molecule has 0 atom stereocenters. The fourth-order valence-corrected chi connectivity index (χ4v) is 3.84. The maximum Gasteiger partial charge on any atom is 0.0394 e. The second-order valence-electron chi connectivity index (χ2n) is 6.61. The molecule has 0 spiro atoms. The van der Waals surface area contributed by atoms with E-state index in [9.17, 15) is 0 Å². The van der Waals surface area contributed by atoms with Gasteiger partial charge in [-0.1, -0.05) is 68.7 Å². The third-order valence-corrected chi connectivity index (χ3v) is 5.09. The molecule has 4 aromatic carbocycles. The monoisotopic (exact) mass is 301 g/mol. The van der Waals surface area contributed by atoms with Crippen LogP contribution < -0.4 is 5.73 Å². The molecule has 0 aliphatic heterocycles. The van der Waals surface area contributed by atoms with Crippen molar-refractivity contribution < 1.29 is 0 Å². The third-order valence-electron chi connectivity index (χ3n) is 5.09. The van der Waals surface area contributed by atoms with E-state index in [0.717, 1.165) is 5.69 Å². The van der Waals surface area contributed by atoms with E-state index in [-0.39, 0.29) is 0 Å². The topological polar surface area (TPSA) is 26.0 Å². The molecule has 0 bridgehead atoms. The van der Waals surface area contributed by atoms with Gasteiger partial charge in [-0.3, -0.25) is 0 Å². The molecule has 2 N–H and O–H groups in total. The van der Waals surface area contributed by atoms with Crippen LogP contribution in [-0.2, 0) is 6.42 Å². The van der Waals surface area contributed by atoms with Crippen molar-refractivity contribution in [3.63, 3.8) is 0 Å². The molecule has 23 heavy (non-hydrogen) atoms. The van der Waals surface area contributed by atoms with E-state index in [0.29, 0.717) is 0 Å². The summed E-state index contributed by atoms with van der Waals surface area (Å²) in [6.07, 6.45) is 6.40. The van der Waals surface area contributed by atoms with Crippen LogP contribution in [0.25, 0.3) is 32.3 Å². The Labute approximate surface area is 137 Å². The summed E-state index contributed by atoms with van der Waals surface area (Å²) in [4.78, 5) is 0. The predicted molar refractivity (Wildman–Crippen MR) is 102 cm³/mol. The molecule has 4 aromatic rings. The van der Waals surface area contributed by atoms with Crippen LogP contribution in [0.15, 0.2) is 48.5 Å². The van der Waals surface area contributed by atoms with Crippen LogP contribution in [0.1, 0.15) is 38.2 Å². The largest absolute Gasteiger partial charge is 0.398 e. The zero-order chi connectivity index (χ0) is 15.8. The van der Waals surface area contributed by atoms with Gasteiger partial charge in [0.15, 0.2) is 0 Å². The molecule has 0 aromatic heterocycles. The van der Waals surface area contributed by atoms with E-state index in [1.54, 1.807) is 0 Å². The van der Waals surface area contributed by atoms with Gasteiger partial charge in [-0.2, -0.15) is 0 Å². The van der Waals surface area contributed by atoms with Crippen LogP contribution >= 0.6 is 0 Å². The first kappa shape index (κ1) is 14.3. The lowest BCUT2D eigenvalue weighted by Crippen LogP contribution is -1.93. The number of anilines is 1. The van der Waals surface area contributed by atoms with E-state index in [1.807, 2.05) is 6.07 Å². The normalized spacial score (nSPS) is 11.9. The summed E-state index contributed by atoms with van der Waals surface area (Å²) < 4.78 is 0. The average molecular weight is 301 g/mol. The second-order valence-corrected chi connectivity index (χ2v) is 6.61. The van der Waals surface area contributed by atoms with Crippen LogP contribution in [0.5, 0.6) is 0 Å². The van der Waals surface area contributed by atoms with Gasteiger partial charge in [-0.05, 0) is 51.4 Å². The van der Waals surface area contributed by atoms with Crippen LogP contribution in [-0.4, -0.2) is 0 Å². The minimum Gasteiger partial charge on any atom is -0.398 e. The molecular formula is C22H23N. The molecule has 0 amide bonds. The lowest BCUT2D eigenvalue weighted by Gasteiger charge is -2.15. The van der Waals surface area contributed by atoms with Crippen LogP contribution in [0, 0.1) is 0 Å². The highest BCUT2D eigenvalue weighted by Crippen LogP contribution is 2.38. The Morgan fingerprint density at radius 1 is 0.696 bits per heavy atom. The molecule has 1 heteroatoms. The zero-order valence-electron chi connectivity index (χ0n) is 13.7. The summed E-state index contributed by atoms with van der Waals surface area (Å²) in [5.41, 5.74) is 8.57. The highest BCUT2D eigenvalue weighted by molar-refractivity contribution is 6.25. The van der Waals surface area contributed by atoms with Gasteiger partial charge in [0.05, 0.1) is 0 Å². The average Bonchev–Trinajstić information content (AvgIpc) is 2.59. The lowest BCUT2D eigenvalue weighted by molar-refractivity contribution is 0.668. The van der Waals surface area contributed by atoms with Gasteiger partial charge in [0.25, 0.3) is 0 Å². The van der Waals surface area contributed by atoms with Crippen molar-refractivity contribution in [2.24, 2.45) is 0 Å². The van der Waals surface area contributed by atoms with Crippen LogP contribution in [0.3, 0.4) is 0 Å². The number of benzene rings is 4. The Hall–Kier alpha value is -2.28. The van der Waals surface area contributed by atoms with Crippen LogP contribution in [0.4, 0.5) is 5.69 Å². The van der Waals surface area contributed by atoms with E-state index < -0.39 is 0 Å². The van der Waals surface area contributed by atoms with Crippen molar-refractivity contribution in [3.05, 3.63) is 54.1 Å². The highest BCUT2D eigenvalue weighted by atomic mass is 14.5. The number of unbranched alkanes of at least 4 members (excludes halogenated alkanes) is 3. The van der Waals surface area contributed by atoms with Gasteiger partial charge in [0.2, 0.25) is 0 Å². The summed E-state index contributed by atoms with van der Waals surface area (Å²) in [5.74, 6) is 0. The summed E-state index contributed by atoms with van der Waals surface area (Å²) >= 11 is 0. The number of nitrogen functional groups attached to an aromatic ring is 1. The molecule has 0 fully saturated rings. The zero-order valence-corrected chi connectivity index (χ0v) is 13.7. The summed E-state index contributed by atoms with van der Waals surface area (Å²) in [6, 6.07) is 17.7. The van der Waals surface area contributed by atoms with Gasteiger partial charge < -0.3 is 5.73 Å². The maximum absolute atomic E-state index is 6.22. The lowest BCUT2D eigenvalue weighted by atomic mass is 9.90. The number of aryl methyl sites for hydroxylation is 1. The second kappa shape index (κ2) is 5.73. The van der Waals surface area contributed by atoms with Crippen molar-refractivity contribution in [2.45, 2.75) is 39.0 Å². The SMILES string of the molecule is CCCCCCc1ccc2ccc3ccc(N)c4ccc1c2c34. The fraction of sp³-hybridized carbons (Fsp3) is 0.273. The van der Waals surface area contributed by atoms with Gasteiger partial charge in [-0.15, -0.1) is 0 Å². The molecule has 0 aliphatic carbocycles. The molecular weight excluding hydrogens is 278 g/mol. The maximum atomic E-state index is 6.22. The first-order valence-electron chi connectivity index (χ1n) is 8.74. The standard InChI is InChI=1S/C22H23N/c1-2-3-4-5-6-15-7-8-16-9-10-17-11-14-20(23)19-13-12-18(15)21(16)22(17)19/h7-14H,2-6,23H2,1H3. The van der Waals surface area contributed by atoms with Crippen molar-refractivity contribution in [2.75, 3.05) is 5.73 Å². The molecule has 116 valence electrons. The molecule has 0 saturated carbocycles. The molecule has 0 aliphatic rings. The van der Waals surface area contributed by atoms with Gasteiger partial charge in [0.1, 0.15) is 0 Å². The Morgan fingerprint density at radius 2 is 1.35 bits per heavy atom. The molecule has 0 unspecified atom stereocenters. The number of hydrogen-bond acceptors (Lipinski definition) is 1. The number of rotatable bonds is 5. The molecule has 0 radical (unpaired) electrons. The Bertz CT molecular complexity index is 968. The van der Waals surface area contributed by atoms with E-state index in [4.69, 9.17) is 5.73 Å². The summed E-state index contributed by atoms with van der Waals surface area (Å²) in [7, 11) is 0. The molecule has 1 nitrogen and oxygen atoms in total. The Kier molecular flexibility index (Phi) is 3.57. The Balaban J connectivity index is 1.92. The third kappa shape index (κ3) is 2.31. The highest BCUT2D eigenvalue weighted by Gasteiger charge is 2.11. The van der Waals surface area contributed by atoms with Crippen molar-refractivity contribution in [3.8, 4) is 0 Å². The van der Waals surface area contributed by atoms with Gasteiger partial charge in [-0.25, -0.2) is 0 Å². The molecule has 0 saturated heterocycles. The summed E-state index contributed by atoms with van der Waals surface area (Å²) in [5, 5.41) is 7.92. The Morgan fingerprint density at radius 3 is 2.13 bits per heavy atom. The van der Waals surface area contributed by atoms with Crippen molar-refractivity contribution >= 4 is 38.0 Å². The molecule has 4 rings (SSSR count). The number of nitrogens with two attached hydrogens (primary N) is 1. The first-order valence-corrected chi connectivity index (χ1v) is 8.74. The van der Waals surface area contributed by atoms with Crippen LogP contribution in [0.2, 0.25) is 0 Å². The predicted octanol–water partition coefficient (Wildman–Crippen LogP) is 6.29. The minimum absolute atomic E-state index is 0.875. The van der Waals surface area contributed by atoms with Crippen molar-refractivity contribution in [1.82, 2.24) is 0 Å². The van der Waals surface area contributed by atoms with Gasteiger partial charge in [0, 0.05) is 11.1 Å². The number of hydrogen-bond donors (Lipinski definition) is 1. The van der Waals surface area contributed by atoms with E-state index in [2.05, 4.69) is 49.4 Å². The quantitative estimate of drug-likeness (QED) is 0.262. The van der Waals surface area contributed by atoms with E-state index in [1.165, 1.54) is 70.0 Å². The van der Waals surface area contributed by atoms with Gasteiger partial charge >= 0.3 is 0 Å². The molecule has 0 heterocycles. The summed E-state index contributed by atoms with van der Waals surface area (Å²) in [6.45, 7) is 2.26. The van der Waals surface area contributed by atoms with Crippen molar-refractivity contribution in [1.29, 1.82) is 0 Å². The minimum atomic E-state index is 0.875. The smallest absolute Gasteiger partial charge is 0.0394 e. The van der Waals surface area contributed by atoms with E-state index >= 15 is 0 Å². The first-order chi connectivity index (χ1) is 11.3. The fourth-order valence-electron chi connectivity index (χ4n) is 3.84.